The molecule has 2 aromatic rings. The maximum atomic E-state index is 12.4. The molecule has 1 aliphatic rings. The monoisotopic (exact) mass is 285 g/mol. The second-order valence-corrected chi connectivity index (χ2v) is 5.07. The van der Waals surface area contributed by atoms with Gasteiger partial charge in [0.25, 0.3) is 5.91 Å². The number of aromatic nitrogens is 2. The minimum atomic E-state index is -0.995. The molecular weight excluding hydrogens is 270 g/mol. The highest BCUT2D eigenvalue weighted by Crippen LogP contribution is 2.28. The second kappa shape index (κ2) is 5.40. The number of benzene rings is 1. The highest BCUT2D eigenvalue weighted by molar-refractivity contribution is 5.95. The van der Waals surface area contributed by atoms with E-state index in [0.29, 0.717) is 5.56 Å². The molecule has 0 unspecified atom stereocenters. The van der Waals surface area contributed by atoms with Crippen molar-refractivity contribution >= 4 is 11.9 Å². The molecule has 0 spiro atoms. The first kappa shape index (κ1) is 13.4. The molecular formula is C15H15N3O3. The Kier molecular flexibility index (Phi) is 3.43. The Labute approximate surface area is 121 Å². The zero-order valence-electron chi connectivity index (χ0n) is 11.3. The predicted molar refractivity (Wildman–Crippen MR) is 75.3 cm³/mol. The summed E-state index contributed by atoms with van der Waals surface area (Å²) in [6.45, 7) is -0.264. The number of rotatable bonds is 5. The van der Waals surface area contributed by atoms with Gasteiger partial charge in [0, 0.05) is 12.2 Å². The lowest BCUT2D eigenvalue weighted by atomic mass is 10.3. The van der Waals surface area contributed by atoms with Crippen LogP contribution in [0.3, 0.4) is 0 Å². The van der Waals surface area contributed by atoms with Crippen LogP contribution in [-0.4, -0.2) is 44.3 Å². The van der Waals surface area contributed by atoms with Crippen molar-refractivity contribution in [2.24, 2.45) is 0 Å². The molecule has 1 aromatic heterocycles. The Morgan fingerprint density at radius 3 is 2.62 bits per heavy atom. The molecule has 0 bridgehead atoms. The molecule has 1 amide bonds. The smallest absolute Gasteiger partial charge is 0.323 e. The van der Waals surface area contributed by atoms with Gasteiger partial charge in [-0.25, -0.2) is 4.68 Å². The van der Waals surface area contributed by atoms with Crippen molar-refractivity contribution in [3.8, 4) is 5.69 Å². The van der Waals surface area contributed by atoms with Crippen LogP contribution in [0.4, 0.5) is 0 Å². The zero-order chi connectivity index (χ0) is 14.8. The van der Waals surface area contributed by atoms with E-state index in [0.717, 1.165) is 18.5 Å². The van der Waals surface area contributed by atoms with Gasteiger partial charge in [0.05, 0.1) is 17.4 Å². The minimum absolute atomic E-state index is 0.0497. The van der Waals surface area contributed by atoms with E-state index in [-0.39, 0.29) is 18.5 Å². The van der Waals surface area contributed by atoms with Gasteiger partial charge in [0.2, 0.25) is 0 Å². The highest BCUT2D eigenvalue weighted by atomic mass is 16.4. The van der Waals surface area contributed by atoms with E-state index in [4.69, 9.17) is 5.11 Å². The lowest BCUT2D eigenvalue weighted by molar-refractivity contribution is -0.137. The molecule has 0 saturated heterocycles. The maximum absolute atomic E-state index is 12.4. The van der Waals surface area contributed by atoms with E-state index < -0.39 is 5.97 Å². The number of carboxylic acids is 1. The predicted octanol–water partition coefficient (Wildman–Crippen LogP) is 1.56. The van der Waals surface area contributed by atoms with Gasteiger partial charge < -0.3 is 10.0 Å². The van der Waals surface area contributed by atoms with Crippen molar-refractivity contribution in [3.63, 3.8) is 0 Å². The first-order chi connectivity index (χ1) is 10.1. The molecule has 3 rings (SSSR count). The molecule has 1 heterocycles. The molecule has 0 atom stereocenters. The number of hydrogen-bond donors (Lipinski definition) is 1. The molecule has 1 aliphatic carbocycles. The lowest BCUT2D eigenvalue weighted by Crippen LogP contribution is -2.37. The number of amides is 1. The molecule has 6 heteroatoms. The van der Waals surface area contributed by atoms with Crippen molar-refractivity contribution in [1.82, 2.24) is 14.7 Å². The number of carbonyl (C=O) groups is 2. The molecule has 108 valence electrons. The summed E-state index contributed by atoms with van der Waals surface area (Å²) in [6.07, 6.45) is 4.85. The van der Waals surface area contributed by atoms with Crippen molar-refractivity contribution in [2.75, 3.05) is 6.54 Å². The number of para-hydroxylation sites is 1. The van der Waals surface area contributed by atoms with E-state index in [1.54, 1.807) is 10.9 Å². The zero-order valence-corrected chi connectivity index (χ0v) is 11.3. The van der Waals surface area contributed by atoms with Gasteiger partial charge in [-0.05, 0) is 25.0 Å². The number of aliphatic carboxylic acids is 1. The fourth-order valence-corrected chi connectivity index (χ4v) is 2.22. The van der Waals surface area contributed by atoms with E-state index in [9.17, 15) is 9.59 Å². The molecule has 1 saturated carbocycles. The summed E-state index contributed by atoms with van der Waals surface area (Å²) in [4.78, 5) is 24.7. The SMILES string of the molecule is O=C(O)CN(C(=O)c1cnn(-c2ccccc2)c1)C1CC1. The first-order valence-electron chi connectivity index (χ1n) is 6.78. The average molecular weight is 285 g/mol. The van der Waals surface area contributed by atoms with Crippen LogP contribution in [0.2, 0.25) is 0 Å². The quantitative estimate of drug-likeness (QED) is 0.904. The van der Waals surface area contributed by atoms with Gasteiger partial charge in [0.1, 0.15) is 6.54 Å². The van der Waals surface area contributed by atoms with Gasteiger partial charge in [0.15, 0.2) is 0 Å². The van der Waals surface area contributed by atoms with Gasteiger partial charge in [-0.1, -0.05) is 18.2 Å². The number of carboxylic acid groups (broad SMARTS) is 1. The van der Waals surface area contributed by atoms with Crippen molar-refractivity contribution in [3.05, 3.63) is 48.3 Å². The Bertz CT molecular complexity index is 662. The fourth-order valence-electron chi connectivity index (χ4n) is 2.22. The van der Waals surface area contributed by atoms with Gasteiger partial charge >= 0.3 is 5.97 Å². The van der Waals surface area contributed by atoms with Crippen LogP contribution in [0.1, 0.15) is 23.2 Å². The van der Waals surface area contributed by atoms with Crippen LogP contribution in [0.5, 0.6) is 0 Å². The summed E-state index contributed by atoms with van der Waals surface area (Å²) < 4.78 is 1.61. The minimum Gasteiger partial charge on any atom is -0.480 e. The van der Waals surface area contributed by atoms with Gasteiger partial charge in [-0.15, -0.1) is 0 Å². The van der Waals surface area contributed by atoms with Crippen LogP contribution in [-0.2, 0) is 4.79 Å². The highest BCUT2D eigenvalue weighted by Gasteiger charge is 2.34. The van der Waals surface area contributed by atoms with E-state index in [1.807, 2.05) is 30.3 Å². The Morgan fingerprint density at radius 2 is 2.00 bits per heavy atom. The molecule has 6 nitrogen and oxygen atoms in total. The molecule has 21 heavy (non-hydrogen) atoms. The van der Waals surface area contributed by atoms with Crippen molar-refractivity contribution < 1.29 is 14.7 Å². The first-order valence-corrected chi connectivity index (χ1v) is 6.78. The normalized spacial score (nSPS) is 13.9. The Morgan fingerprint density at radius 1 is 1.29 bits per heavy atom. The summed E-state index contributed by atoms with van der Waals surface area (Å²) in [5, 5.41) is 13.1. The summed E-state index contributed by atoms with van der Waals surface area (Å²) in [7, 11) is 0. The Hall–Kier alpha value is -2.63. The summed E-state index contributed by atoms with van der Waals surface area (Å²) in [5.41, 5.74) is 1.26. The van der Waals surface area contributed by atoms with Crippen LogP contribution in [0.15, 0.2) is 42.7 Å². The third kappa shape index (κ3) is 2.94. The second-order valence-electron chi connectivity index (χ2n) is 5.07. The van der Waals surface area contributed by atoms with E-state index in [1.165, 1.54) is 11.1 Å². The fraction of sp³-hybridized carbons (Fsp3) is 0.267. The molecule has 1 aromatic carbocycles. The summed E-state index contributed by atoms with van der Waals surface area (Å²) in [6, 6.07) is 9.50. The van der Waals surface area contributed by atoms with Crippen molar-refractivity contribution in [2.45, 2.75) is 18.9 Å². The van der Waals surface area contributed by atoms with Gasteiger partial charge in [-0.3, -0.25) is 9.59 Å². The Balaban J connectivity index is 1.81. The number of nitrogens with zero attached hydrogens (tertiary/aromatic N) is 3. The number of carbonyl (C=O) groups excluding carboxylic acids is 1. The molecule has 1 fully saturated rings. The van der Waals surface area contributed by atoms with E-state index >= 15 is 0 Å². The summed E-state index contributed by atoms with van der Waals surface area (Å²) >= 11 is 0. The maximum Gasteiger partial charge on any atom is 0.323 e. The lowest BCUT2D eigenvalue weighted by Gasteiger charge is -2.19. The van der Waals surface area contributed by atoms with E-state index in [2.05, 4.69) is 5.10 Å². The largest absolute Gasteiger partial charge is 0.480 e. The standard InChI is InChI=1S/C15H15N3O3/c19-14(20)10-17(12-6-7-12)15(21)11-8-16-18(9-11)13-4-2-1-3-5-13/h1-5,8-9,12H,6-7,10H2,(H,19,20). The summed E-state index contributed by atoms with van der Waals surface area (Å²) in [5.74, 6) is -1.27. The molecule has 0 aliphatic heterocycles. The molecule has 1 N–H and O–H groups in total. The molecule has 0 radical (unpaired) electrons. The third-order valence-corrected chi connectivity index (χ3v) is 3.40. The van der Waals surface area contributed by atoms with Crippen molar-refractivity contribution in [1.29, 1.82) is 0 Å². The van der Waals surface area contributed by atoms with Crippen LogP contribution in [0.25, 0.3) is 5.69 Å². The third-order valence-electron chi connectivity index (χ3n) is 3.40. The average Bonchev–Trinajstić information content (AvgIpc) is 3.21. The topological polar surface area (TPSA) is 75.4 Å². The van der Waals surface area contributed by atoms with Gasteiger partial charge in [-0.2, -0.15) is 5.10 Å². The van der Waals surface area contributed by atoms with Crippen LogP contribution in [0, 0.1) is 0 Å². The van der Waals surface area contributed by atoms with Crippen LogP contribution < -0.4 is 0 Å². The van der Waals surface area contributed by atoms with Crippen LogP contribution >= 0.6 is 0 Å². The number of hydrogen-bond acceptors (Lipinski definition) is 3.